The van der Waals surface area contributed by atoms with Crippen LogP contribution in [0.25, 0.3) is 0 Å². The lowest BCUT2D eigenvalue weighted by molar-refractivity contribution is -0.144. The van der Waals surface area contributed by atoms with E-state index in [-0.39, 0.29) is 11.5 Å². The molecule has 0 radical (unpaired) electrons. The molecular weight excluding hydrogens is 188 g/mol. The number of methoxy groups -OCH3 is 1. The summed E-state index contributed by atoms with van der Waals surface area (Å²) in [5, 5.41) is 28.4. The Labute approximate surface area is 82.6 Å². The van der Waals surface area contributed by atoms with Crippen LogP contribution in [-0.2, 0) is 9.47 Å². The average Bonchev–Trinajstić information content (AvgIpc) is 2.13. The van der Waals surface area contributed by atoms with E-state index in [4.69, 9.17) is 9.47 Å². The highest BCUT2D eigenvalue weighted by Gasteiger charge is 2.40. The molecule has 0 amide bonds. The summed E-state index contributed by atoms with van der Waals surface area (Å²) in [6.07, 6.45) is -3.34. The quantitative estimate of drug-likeness (QED) is 0.587. The van der Waals surface area contributed by atoms with E-state index >= 15 is 0 Å². The first-order valence-electron chi connectivity index (χ1n) is 4.44. The molecule has 1 heterocycles. The van der Waals surface area contributed by atoms with Crippen LogP contribution in [0.3, 0.4) is 0 Å². The summed E-state index contributed by atoms with van der Waals surface area (Å²) in [6, 6.07) is 0. The molecule has 4 atom stereocenters. The van der Waals surface area contributed by atoms with Crippen molar-refractivity contribution >= 4 is 0 Å². The number of ether oxygens (including phenoxy) is 2. The Balaban J connectivity index is 2.92. The predicted molar refractivity (Wildman–Crippen MR) is 48.7 cm³/mol. The molecule has 5 heteroatoms. The van der Waals surface area contributed by atoms with E-state index in [1.165, 1.54) is 14.0 Å². The van der Waals surface area contributed by atoms with Gasteiger partial charge in [-0.05, 0) is 13.8 Å². The van der Waals surface area contributed by atoms with Crippen LogP contribution < -0.4 is 0 Å². The Morgan fingerprint density at radius 2 is 2.07 bits per heavy atom. The summed E-state index contributed by atoms with van der Waals surface area (Å²) in [5.74, 6) is -0.0227. The lowest BCUT2D eigenvalue weighted by Crippen LogP contribution is -2.50. The zero-order valence-corrected chi connectivity index (χ0v) is 8.47. The summed E-state index contributed by atoms with van der Waals surface area (Å²) in [4.78, 5) is 0. The first-order chi connectivity index (χ1) is 6.49. The first-order valence-corrected chi connectivity index (χ1v) is 4.44. The van der Waals surface area contributed by atoms with Crippen molar-refractivity contribution in [2.24, 2.45) is 0 Å². The molecule has 1 aliphatic heterocycles. The van der Waals surface area contributed by atoms with Crippen molar-refractivity contribution in [1.82, 2.24) is 0 Å². The average molecular weight is 204 g/mol. The van der Waals surface area contributed by atoms with Crippen LogP contribution in [0.4, 0.5) is 0 Å². The molecule has 0 aliphatic carbocycles. The highest BCUT2D eigenvalue weighted by molar-refractivity contribution is 5.12. The van der Waals surface area contributed by atoms with Crippen LogP contribution in [0.1, 0.15) is 13.8 Å². The third-order valence-corrected chi connectivity index (χ3v) is 2.34. The van der Waals surface area contributed by atoms with Gasteiger partial charge in [-0.1, -0.05) is 0 Å². The van der Waals surface area contributed by atoms with Crippen LogP contribution in [-0.4, -0.2) is 46.8 Å². The maximum absolute atomic E-state index is 9.60. The zero-order chi connectivity index (χ0) is 10.9. The van der Waals surface area contributed by atoms with E-state index in [0.717, 1.165) is 0 Å². The highest BCUT2D eigenvalue weighted by atomic mass is 16.6. The van der Waals surface area contributed by atoms with E-state index in [9.17, 15) is 15.3 Å². The number of aliphatic hydroxyl groups is 3. The molecule has 1 aliphatic rings. The van der Waals surface area contributed by atoms with E-state index in [1.54, 1.807) is 6.92 Å². The lowest BCUT2D eigenvalue weighted by Gasteiger charge is -2.36. The van der Waals surface area contributed by atoms with Gasteiger partial charge >= 0.3 is 0 Å². The number of allylic oxidation sites excluding steroid dienone is 1. The number of hydrogen-bond donors (Lipinski definition) is 3. The van der Waals surface area contributed by atoms with Crippen molar-refractivity contribution in [2.75, 3.05) is 7.11 Å². The van der Waals surface area contributed by atoms with Gasteiger partial charge in [-0.15, -0.1) is 0 Å². The molecule has 1 rings (SSSR count). The largest absolute Gasteiger partial charge is 0.506 e. The van der Waals surface area contributed by atoms with Gasteiger partial charge in [0.25, 0.3) is 0 Å². The highest BCUT2D eigenvalue weighted by Crippen LogP contribution is 2.26. The van der Waals surface area contributed by atoms with Crippen molar-refractivity contribution in [3.05, 3.63) is 11.5 Å². The van der Waals surface area contributed by atoms with E-state index in [0.29, 0.717) is 0 Å². The number of rotatable bonds is 2. The summed E-state index contributed by atoms with van der Waals surface area (Å²) in [5.41, 5.74) is 0. The maximum Gasteiger partial charge on any atom is 0.161 e. The molecular formula is C9H16O5. The Morgan fingerprint density at radius 3 is 2.50 bits per heavy atom. The molecule has 0 aromatic heterocycles. The molecule has 0 aromatic rings. The third kappa shape index (κ3) is 1.84. The second kappa shape index (κ2) is 4.16. The second-order valence-corrected chi connectivity index (χ2v) is 3.41. The summed E-state index contributed by atoms with van der Waals surface area (Å²) in [6.45, 7) is 3.07. The Bertz CT molecular complexity index is 235. The fraction of sp³-hybridized carbons (Fsp3) is 0.778. The normalized spacial score (nSPS) is 35.4. The Hall–Kier alpha value is -0.780. The minimum Gasteiger partial charge on any atom is -0.506 e. The van der Waals surface area contributed by atoms with E-state index < -0.39 is 24.4 Å². The summed E-state index contributed by atoms with van der Waals surface area (Å²) >= 11 is 0. The van der Waals surface area contributed by atoms with Crippen molar-refractivity contribution < 1.29 is 24.8 Å². The van der Waals surface area contributed by atoms with Gasteiger partial charge in [-0.25, -0.2) is 0 Å². The molecule has 3 N–H and O–H groups in total. The third-order valence-electron chi connectivity index (χ3n) is 2.34. The van der Waals surface area contributed by atoms with E-state index in [2.05, 4.69) is 0 Å². The Morgan fingerprint density at radius 1 is 1.50 bits per heavy atom. The zero-order valence-electron chi connectivity index (χ0n) is 8.47. The van der Waals surface area contributed by atoms with Gasteiger partial charge in [0.1, 0.15) is 18.0 Å². The van der Waals surface area contributed by atoms with Crippen LogP contribution in [0.5, 0.6) is 0 Å². The lowest BCUT2D eigenvalue weighted by atomic mass is 9.99. The minimum atomic E-state index is -1.15. The van der Waals surface area contributed by atoms with E-state index in [1.807, 2.05) is 0 Å². The molecule has 0 bridgehead atoms. The molecule has 82 valence electrons. The summed E-state index contributed by atoms with van der Waals surface area (Å²) < 4.78 is 10.2. The fourth-order valence-electron chi connectivity index (χ4n) is 1.51. The second-order valence-electron chi connectivity index (χ2n) is 3.41. The molecule has 0 fully saturated rings. The predicted octanol–water partition coefficient (Wildman–Crippen LogP) is -0.0686. The summed E-state index contributed by atoms with van der Waals surface area (Å²) in [7, 11) is 1.39. The monoisotopic (exact) mass is 204 g/mol. The number of aliphatic hydroxyl groups excluding tert-OH is 3. The van der Waals surface area contributed by atoms with Crippen molar-refractivity contribution in [1.29, 1.82) is 0 Å². The van der Waals surface area contributed by atoms with Gasteiger partial charge in [0.2, 0.25) is 0 Å². The van der Waals surface area contributed by atoms with Crippen molar-refractivity contribution in [3.63, 3.8) is 0 Å². The molecule has 0 spiro atoms. The van der Waals surface area contributed by atoms with Crippen LogP contribution in [0, 0.1) is 0 Å². The maximum atomic E-state index is 9.60. The topological polar surface area (TPSA) is 79.2 Å². The van der Waals surface area contributed by atoms with Gasteiger partial charge in [0.15, 0.2) is 11.9 Å². The van der Waals surface area contributed by atoms with Crippen LogP contribution in [0.2, 0.25) is 0 Å². The molecule has 0 saturated carbocycles. The van der Waals surface area contributed by atoms with Gasteiger partial charge in [0, 0.05) is 7.11 Å². The fourth-order valence-corrected chi connectivity index (χ4v) is 1.51. The van der Waals surface area contributed by atoms with Gasteiger partial charge in [-0.2, -0.15) is 0 Å². The molecule has 0 saturated heterocycles. The molecule has 14 heavy (non-hydrogen) atoms. The van der Waals surface area contributed by atoms with Crippen molar-refractivity contribution in [3.8, 4) is 0 Å². The van der Waals surface area contributed by atoms with Gasteiger partial charge < -0.3 is 24.8 Å². The van der Waals surface area contributed by atoms with Gasteiger partial charge in [0.05, 0.1) is 6.10 Å². The Kier molecular flexibility index (Phi) is 3.36. The smallest absolute Gasteiger partial charge is 0.161 e. The number of hydrogen-bond acceptors (Lipinski definition) is 5. The SMILES string of the molecule is CO[C@@H]1C(O)C(O)=C(C)OC1C(C)O. The molecule has 3 unspecified atom stereocenters. The molecule has 0 aromatic carbocycles. The minimum absolute atomic E-state index is 0.219. The van der Waals surface area contributed by atoms with Gasteiger partial charge in [-0.3, -0.25) is 0 Å². The van der Waals surface area contributed by atoms with Crippen LogP contribution >= 0.6 is 0 Å². The first kappa shape index (κ1) is 11.3. The molecule has 5 nitrogen and oxygen atoms in total. The van der Waals surface area contributed by atoms with Crippen molar-refractivity contribution in [2.45, 2.75) is 38.3 Å². The van der Waals surface area contributed by atoms with Crippen LogP contribution in [0.15, 0.2) is 11.5 Å². The standard InChI is InChI=1S/C9H16O5/c1-4(10)8-9(13-3)7(12)6(11)5(2)14-8/h4,7-12H,1-3H3/t4?,7?,8?,9-/m1/s1.